The summed E-state index contributed by atoms with van der Waals surface area (Å²) in [5.41, 5.74) is -3.40. The van der Waals surface area contributed by atoms with Gasteiger partial charge in [-0.2, -0.15) is 13.2 Å². The third kappa shape index (κ3) is 6.87. The average Bonchev–Trinajstić information content (AvgIpc) is 3.04. The molecule has 4 rings (SSSR count). The normalized spacial score (nSPS) is 20.2. The molecule has 3 unspecified atom stereocenters. The quantitative estimate of drug-likeness (QED) is 0.279. The Morgan fingerprint density at radius 3 is 2.36 bits per heavy atom. The van der Waals surface area contributed by atoms with Crippen LogP contribution in [0.15, 0.2) is 28.3 Å². The molecule has 9 nitrogen and oxygen atoms in total. The molecule has 0 aliphatic carbocycles. The van der Waals surface area contributed by atoms with Crippen LogP contribution in [0.25, 0.3) is 0 Å². The predicted molar refractivity (Wildman–Crippen MR) is 139 cm³/mol. The summed E-state index contributed by atoms with van der Waals surface area (Å²) in [5.74, 6) is -6.65. The van der Waals surface area contributed by atoms with Crippen molar-refractivity contribution in [1.82, 2.24) is 14.8 Å². The first kappa shape index (κ1) is 32.5. The van der Waals surface area contributed by atoms with Gasteiger partial charge in [-0.25, -0.2) is 13.2 Å². The highest BCUT2D eigenvalue weighted by Crippen LogP contribution is 2.36. The van der Waals surface area contributed by atoms with Crippen LogP contribution in [-0.2, 0) is 11.4 Å². The van der Waals surface area contributed by atoms with Gasteiger partial charge in [-0.3, -0.25) is 14.4 Å². The lowest BCUT2D eigenvalue weighted by Gasteiger charge is -2.38. The van der Waals surface area contributed by atoms with E-state index in [0.29, 0.717) is 18.6 Å². The number of rotatable bonds is 6. The fourth-order valence-corrected chi connectivity index (χ4v) is 4.80. The molecular formula is C27H30F6N4O5. The Kier molecular flexibility index (Phi) is 9.94. The minimum atomic E-state index is -4.51. The number of hydrogen-bond donors (Lipinski definition) is 2. The van der Waals surface area contributed by atoms with Crippen LogP contribution in [-0.4, -0.2) is 57.0 Å². The molecule has 1 aromatic carbocycles. The second-order valence-electron chi connectivity index (χ2n) is 9.72. The SMILES string of the molecule is C/C(CC(F)(F)F)=N\OC1CCC(C)N2CC1n1cc(C(=O)NCc3c(F)cc(F)cc3F)c(=O)c(O)c1C2=O.CC. The van der Waals surface area contributed by atoms with E-state index in [-0.39, 0.29) is 24.7 Å². The number of fused-ring (bicyclic) bond motifs is 4. The lowest BCUT2D eigenvalue weighted by molar-refractivity contribution is -0.122. The number of carbonyl (C=O) groups is 2. The molecule has 1 aromatic heterocycles. The van der Waals surface area contributed by atoms with E-state index in [0.717, 1.165) is 17.7 Å². The third-order valence-corrected chi connectivity index (χ3v) is 6.82. The van der Waals surface area contributed by atoms with Gasteiger partial charge in [-0.15, -0.1) is 0 Å². The number of pyridine rings is 1. The molecule has 2 amide bonds. The Bertz CT molecular complexity index is 1420. The van der Waals surface area contributed by atoms with E-state index in [1.54, 1.807) is 6.92 Å². The van der Waals surface area contributed by atoms with Gasteiger partial charge in [0.25, 0.3) is 11.8 Å². The summed E-state index contributed by atoms with van der Waals surface area (Å²) in [4.78, 5) is 45.8. The number of nitrogens with zero attached hydrogens (tertiary/aromatic N) is 3. The summed E-state index contributed by atoms with van der Waals surface area (Å²) in [6.07, 6.45) is -5.17. The Hall–Kier alpha value is -4.04. The molecule has 0 radical (unpaired) electrons. The van der Waals surface area contributed by atoms with Crippen molar-refractivity contribution in [2.75, 3.05) is 6.54 Å². The zero-order valence-corrected chi connectivity index (χ0v) is 23.2. The van der Waals surface area contributed by atoms with E-state index in [2.05, 4.69) is 10.5 Å². The van der Waals surface area contributed by atoms with Crippen LogP contribution >= 0.6 is 0 Å². The summed E-state index contributed by atoms with van der Waals surface area (Å²) in [5, 5.41) is 16.4. The molecule has 1 saturated heterocycles. The molecule has 2 bridgehead atoms. The van der Waals surface area contributed by atoms with Crippen molar-refractivity contribution in [2.45, 2.75) is 77.9 Å². The van der Waals surface area contributed by atoms with E-state index < -0.39 is 88.6 Å². The third-order valence-electron chi connectivity index (χ3n) is 6.82. The maximum absolute atomic E-state index is 14.0. The molecule has 0 spiro atoms. The van der Waals surface area contributed by atoms with Gasteiger partial charge in [0.2, 0.25) is 5.43 Å². The zero-order valence-electron chi connectivity index (χ0n) is 23.2. The van der Waals surface area contributed by atoms with E-state index in [4.69, 9.17) is 4.84 Å². The molecule has 0 saturated carbocycles. The van der Waals surface area contributed by atoms with Crippen LogP contribution in [0, 0.1) is 17.5 Å². The molecule has 2 aliphatic heterocycles. The smallest absolute Gasteiger partial charge is 0.394 e. The van der Waals surface area contributed by atoms with Crippen molar-refractivity contribution in [1.29, 1.82) is 0 Å². The van der Waals surface area contributed by atoms with E-state index in [1.165, 1.54) is 4.90 Å². The summed E-state index contributed by atoms with van der Waals surface area (Å²) in [7, 11) is 0. The topological polar surface area (TPSA) is 113 Å². The number of aromatic hydroxyl groups is 1. The highest BCUT2D eigenvalue weighted by molar-refractivity contribution is 5.99. The maximum atomic E-state index is 14.0. The molecule has 2 aromatic rings. The van der Waals surface area contributed by atoms with Gasteiger partial charge in [0, 0.05) is 43.0 Å². The number of amides is 2. The highest BCUT2D eigenvalue weighted by Gasteiger charge is 2.43. The summed E-state index contributed by atoms with van der Waals surface area (Å²) < 4.78 is 80.5. The van der Waals surface area contributed by atoms with Crippen LogP contribution in [0.2, 0.25) is 0 Å². The van der Waals surface area contributed by atoms with Crippen LogP contribution in [0.3, 0.4) is 0 Å². The molecule has 3 atom stereocenters. The molecule has 2 N–H and O–H groups in total. The fourth-order valence-electron chi connectivity index (χ4n) is 4.80. The first-order chi connectivity index (χ1) is 19.7. The van der Waals surface area contributed by atoms with Gasteiger partial charge in [0.15, 0.2) is 11.4 Å². The van der Waals surface area contributed by atoms with Crippen LogP contribution in [0.5, 0.6) is 5.75 Å². The Balaban J connectivity index is 0.00000237. The van der Waals surface area contributed by atoms with Crippen molar-refractivity contribution >= 4 is 17.5 Å². The summed E-state index contributed by atoms with van der Waals surface area (Å²) in [6.45, 7) is 6.05. The van der Waals surface area contributed by atoms with Gasteiger partial charge in [-0.05, 0) is 26.7 Å². The second kappa shape index (κ2) is 12.9. The van der Waals surface area contributed by atoms with E-state index in [1.807, 2.05) is 13.8 Å². The second-order valence-corrected chi connectivity index (χ2v) is 9.72. The Labute approximate surface area is 236 Å². The van der Waals surface area contributed by atoms with Crippen molar-refractivity contribution in [3.8, 4) is 5.75 Å². The number of nitrogens with one attached hydrogen (secondary N) is 1. The van der Waals surface area contributed by atoms with Gasteiger partial charge < -0.3 is 24.7 Å². The first-order valence-corrected chi connectivity index (χ1v) is 13.1. The Morgan fingerprint density at radius 1 is 1.14 bits per heavy atom. The van der Waals surface area contributed by atoms with Crippen molar-refractivity contribution in [2.24, 2.45) is 5.16 Å². The predicted octanol–water partition coefficient (Wildman–Crippen LogP) is 4.82. The number of hydrogen-bond acceptors (Lipinski definition) is 6. The van der Waals surface area contributed by atoms with Gasteiger partial charge in [0.1, 0.15) is 29.1 Å². The van der Waals surface area contributed by atoms with Crippen LogP contribution in [0.4, 0.5) is 26.3 Å². The molecule has 15 heteroatoms. The number of alkyl halides is 3. The molecular weight excluding hydrogens is 574 g/mol. The number of oxime groups is 1. The summed E-state index contributed by atoms with van der Waals surface area (Å²) in [6, 6.07) is -0.429. The molecule has 230 valence electrons. The van der Waals surface area contributed by atoms with E-state index in [9.17, 15) is 45.8 Å². The van der Waals surface area contributed by atoms with Gasteiger partial charge in [0.05, 0.1) is 18.2 Å². The van der Waals surface area contributed by atoms with Crippen molar-refractivity contribution in [3.05, 3.63) is 62.8 Å². The first-order valence-electron chi connectivity index (χ1n) is 13.1. The number of benzene rings is 1. The van der Waals surface area contributed by atoms with Crippen molar-refractivity contribution in [3.63, 3.8) is 0 Å². The molecule has 1 fully saturated rings. The van der Waals surface area contributed by atoms with E-state index >= 15 is 0 Å². The molecule has 42 heavy (non-hydrogen) atoms. The minimum absolute atomic E-state index is 0.0269. The standard InChI is InChI=1S/C25H24F6N4O5.C2H6/c1-11(7-25(29,30)31)33-40-19-4-3-12(2)34-10-18(19)35-9-15(21(36)22(37)20(35)24(34)39)23(38)32-8-14-16(27)5-13(26)6-17(14)28;1-2/h5-6,9,12,18-19,37H,3-4,7-8,10H2,1-2H3,(H,32,38);1-2H3/b33-11+;. The van der Waals surface area contributed by atoms with Gasteiger partial charge >= 0.3 is 6.18 Å². The summed E-state index contributed by atoms with van der Waals surface area (Å²) >= 11 is 0. The number of halogens is 6. The number of aromatic nitrogens is 1. The van der Waals surface area contributed by atoms with Gasteiger partial charge in [-0.1, -0.05) is 19.0 Å². The van der Waals surface area contributed by atoms with Crippen LogP contribution in [0.1, 0.15) is 79.4 Å². The molecule has 2 aliphatic rings. The highest BCUT2D eigenvalue weighted by atomic mass is 19.4. The van der Waals surface area contributed by atoms with Crippen LogP contribution < -0.4 is 10.7 Å². The lowest BCUT2D eigenvalue weighted by Crippen LogP contribution is -2.49. The average molecular weight is 605 g/mol. The number of carbonyl (C=O) groups excluding carboxylic acids is 2. The minimum Gasteiger partial charge on any atom is -0.503 e. The Morgan fingerprint density at radius 2 is 1.76 bits per heavy atom. The largest absolute Gasteiger partial charge is 0.503 e. The molecule has 3 heterocycles. The monoisotopic (exact) mass is 604 g/mol. The zero-order chi connectivity index (χ0) is 31.5. The maximum Gasteiger partial charge on any atom is 0.394 e. The fraction of sp³-hybridized carbons (Fsp3) is 0.481. The van der Waals surface area contributed by atoms with Crippen molar-refractivity contribution < 1.29 is 45.9 Å². The lowest BCUT2D eigenvalue weighted by atomic mass is 10.0.